The van der Waals surface area contributed by atoms with E-state index in [1.165, 1.54) is 24.2 Å². The van der Waals surface area contributed by atoms with Crippen molar-refractivity contribution in [2.45, 2.75) is 32.2 Å². The molecule has 72 valence electrons. The molecule has 2 heterocycles. The highest BCUT2D eigenvalue weighted by Gasteiger charge is 2.19. The van der Waals surface area contributed by atoms with E-state index in [0.29, 0.717) is 6.04 Å². The van der Waals surface area contributed by atoms with E-state index in [1.54, 1.807) is 0 Å². The van der Waals surface area contributed by atoms with E-state index in [-0.39, 0.29) is 0 Å². The molecule has 2 aromatic rings. The summed E-state index contributed by atoms with van der Waals surface area (Å²) in [6.07, 6.45) is 3.71. The van der Waals surface area contributed by atoms with Crippen molar-refractivity contribution in [3.05, 3.63) is 30.1 Å². The Bertz CT molecular complexity index is 470. The first-order valence-electron chi connectivity index (χ1n) is 5.32. The average Bonchev–Trinajstić information content (AvgIpc) is 2.57. The maximum absolute atomic E-state index is 4.67. The number of benzene rings is 1. The number of para-hydroxylation sites is 2. The van der Waals surface area contributed by atoms with Crippen molar-refractivity contribution in [1.82, 2.24) is 9.55 Å². The lowest BCUT2D eigenvalue weighted by molar-refractivity contribution is 0.435. The topological polar surface area (TPSA) is 17.8 Å². The zero-order valence-corrected chi connectivity index (χ0v) is 8.40. The highest BCUT2D eigenvalue weighted by molar-refractivity contribution is 5.76. The van der Waals surface area contributed by atoms with E-state index in [1.807, 2.05) is 0 Å². The van der Waals surface area contributed by atoms with E-state index in [2.05, 4.69) is 40.7 Å². The number of imidazole rings is 1. The van der Waals surface area contributed by atoms with Crippen LogP contribution in [-0.2, 0) is 6.42 Å². The molecule has 0 bridgehead atoms. The lowest BCUT2D eigenvalue weighted by Gasteiger charge is -2.22. The van der Waals surface area contributed by atoms with Crippen LogP contribution in [0.3, 0.4) is 0 Å². The first-order valence-corrected chi connectivity index (χ1v) is 5.32. The maximum Gasteiger partial charge on any atom is 0.110 e. The number of rotatable bonds is 0. The third-order valence-electron chi connectivity index (χ3n) is 3.13. The van der Waals surface area contributed by atoms with Crippen LogP contribution in [0.4, 0.5) is 0 Å². The third kappa shape index (κ3) is 0.999. The van der Waals surface area contributed by atoms with Gasteiger partial charge < -0.3 is 4.57 Å². The number of aryl methyl sites for hydroxylation is 1. The van der Waals surface area contributed by atoms with E-state index in [0.717, 1.165) is 11.9 Å². The number of hydrogen-bond donors (Lipinski definition) is 0. The van der Waals surface area contributed by atoms with Gasteiger partial charge in [0, 0.05) is 12.5 Å². The summed E-state index contributed by atoms with van der Waals surface area (Å²) in [5.41, 5.74) is 2.45. The molecule has 0 radical (unpaired) electrons. The zero-order valence-electron chi connectivity index (χ0n) is 8.40. The van der Waals surface area contributed by atoms with Crippen LogP contribution in [0.25, 0.3) is 11.0 Å². The minimum Gasteiger partial charge on any atom is -0.325 e. The van der Waals surface area contributed by atoms with Gasteiger partial charge in [-0.15, -0.1) is 0 Å². The highest BCUT2D eigenvalue weighted by Crippen LogP contribution is 2.28. The SMILES string of the molecule is C[C@H]1CCCc2nc3ccccc3n21. The second kappa shape index (κ2) is 2.84. The van der Waals surface area contributed by atoms with Crippen molar-refractivity contribution in [1.29, 1.82) is 0 Å². The van der Waals surface area contributed by atoms with Gasteiger partial charge in [-0.3, -0.25) is 0 Å². The molecule has 2 heteroatoms. The largest absolute Gasteiger partial charge is 0.325 e. The molecule has 0 aliphatic carbocycles. The van der Waals surface area contributed by atoms with Gasteiger partial charge in [0.25, 0.3) is 0 Å². The second-order valence-electron chi connectivity index (χ2n) is 4.13. The minimum absolute atomic E-state index is 0.617. The predicted molar refractivity (Wildman–Crippen MR) is 57.4 cm³/mol. The summed E-state index contributed by atoms with van der Waals surface area (Å²) in [7, 11) is 0. The lowest BCUT2D eigenvalue weighted by atomic mass is 10.1. The van der Waals surface area contributed by atoms with Gasteiger partial charge in [-0.1, -0.05) is 12.1 Å². The van der Waals surface area contributed by atoms with Gasteiger partial charge in [-0.25, -0.2) is 4.98 Å². The Kier molecular flexibility index (Phi) is 1.63. The highest BCUT2D eigenvalue weighted by atomic mass is 15.1. The molecule has 0 spiro atoms. The van der Waals surface area contributed by atoms with Gasteiger partial charge in [0.1, 0.15) is 5.82 Å². The fourth-order valence-corrected chi connectivity index (χ4v) is 2.45. The number of aromatic nitrogens is 2. The smallest absolute Gasteiger partial charge is 0.110 e. The molecule has 0 saturated heterocycles. The molecule has 0 amide bonds. The van der Waals surface area contributed by atoms with Crippen LogP contribution >= 0.6 is 0 Å². The summed E-state index contributed by atoms with van der Waals surface area (Å²) >= 11 is 0. The monoisotopic (exact) mass is 186 g/mol. The number of fused-ring (bicyclic) bond motifs is 3. The molecule has 1 atom stereocenters. The standard InChI is InChI=1S/C12H14N2/c1-9-5-4-8-12-13-10-6-2-3-7-11(10)14(9)12/h2-3,6-7,9H,4-5,8H2,1H3/t9-/m0/s1. The van der Waals surface area contributed by atoms with Crippen molar-refractivity contribution >= 4 is 11.0 Å². The zero-order chi connectivity index (χ0) is 9.54. The summed E-state index contributed by atoms with van der Waals surface area (Å²) in [6, 6.07) is 9.05. The molecular weight excluding hydrogens is 172 g/mol. The van der Waals surface area contributed by atoms with E-state index in [9.17, 15) is 0 Å². The summed E-state index contributed by atoms with van der Waals surface area (Å²) < 4.78 is 2.40. The molecule has 0 unspecified atom stereocenters. The lowest BCUT2D eigenvalue weighted by Crippen LogP contribution is -2.14. The van der Waals surface area contributed by atoms with Crippen LogP contribution in [0.5, 0.6) is 0 Å². The Balaban J connectivity index is 2.34. The molecule has 3 rings (SSSR count). The molecule has 1 aliphatic heterocycles. The van der Waals surface area contributed by atoms with Gasteiger partial charge in [0.05, 0.1) is 11.0 Å². The van der Waals surface area contributed by atoms with Crippen molar-refractivity contribution in [2.24, 2.45) is 0 Å². The summed E-state index contributed by atoms with van der Waals surface area (Å²) in [5, 5.41) is 0. The molecule has 1 aliphatic rings. The predicted octanol–water partition coefficient (Wildman–Crippen LogP) is 2.93. The van der Waals surface area contributed by atoms with Gasteiger partial charge in [-0.05, 0) is 31.9 Å². The molecule has 0 N–H and O–H groups in total. The Morgan fingerprint density at radius 2 is 2.21 bits per heavy atom. The summed E-state index contributed by atoms with van der Waals surface area (Å²) in [6.45, 7) is 2.29. The molecule has 14 heavy (non-hydrogen) atoms. The van der Waals surface area contributed by atoms with Crippen molar-refractivity contribution in [2.75, 3.05) is 0 Å². The van der Waals surface area contributed by atoms with Crippen LogP contribution in [-0.4, -0.2) is 9.55 Å². The van der Waals surface area contributed by atoms with Gasteiger partial charge in [0.2, 0.25) is 0 Å². The van der Waals surface area contributed by atoms with Crippen molar-refractivity contribution in [3.8, 4) is 0 Å². The van der Waals surface area contributed by atoms with Crippen molar-refractivity contribution in [3.63, 3.8) is 0 Å². The maximum atomic E-state index is 4.67. The molecule has 0 saturated carbocycles. The van der Waals surface area contributed by atoms with Crippen LogP contribution in [0.1, 0.15) is 31.6 Å². The van der Waals surface area contributed by atoms with Crippen LogP contribution < -0.4 is 0 Å². The first-order chi connectivity index (χ1) is 6.86. The van der Waals surface area contributed by atoms with E-state index >= 15 is 0 Å². The minimum atomic E-state index is 0.617. The van der Waals surface area contributed by atoms with Crippen LogP contribution in [0, 0.1) is 0 Å². The Morgan fingerprint density at radius 3 is 3.14 bits per heavy atom. The average molecular weight is 186 g/mol. The van der Waals surface area contributed by atoms with Gasteiger partial charge in [0.15, 0.2) is 0 Å². The van der Waals surface area contributed by atoms with Crippen LogP contribution in [0.2, 0.25) is 0 Å². The van der Waals surface area contributed by atoms with E-state index < -0.39 is 0 Å². The Labute approximate surface area is 83.6 Å². The molecule has 0 fully saturated rings. The quantitative estimate of drug-likeness (QED) is 0.618. The Morgan fingerprint density at radius 1 is 1.36 bits per heavy atom. The first kappa shape index (κ1) is 8.04. The normalized spacial score (nSPS) is 21.1. The van der Waals surface area contributed by atoms with E-state index in [4.69, 9.17) is 0 Å². The fourth-order valence-electron chi connectivity index (χ4n) is 2.45. The van der Waals surface area contributed by atoms with Gasteiger partial charge in [-0.2, -0.15) is 0 Å². The Hall–Kier alpha value is -1.31. The molecule has 1 aromatic carbocycles. The van der Waals surface area contributed by atoms with Crippen molar-refractivity contribution < 1.29 is 0 Å². The third-order valence-corrected chi connectivity index (χ3v) is 3.13. The molecule has 1 aromatic heterocycles. The van der Waals surface area contributed by atoms with Crippen LogP contribution in [0.15, 0.2) is 24.3 Å². The molecule has 2 nitrogen and oxygen atoms in total. The second-order valence-corrected chi connectivity index (χ2v) is 4.13. The summed E-state index contributed by atoms with van der Waals surface area (Å²) in [4.78, 5) is 4.67. The van der Waals surface area contributed by atoms with Gasteiger partial charge >= 0.3 is 0 Å². The molecular formula is C12H14N2. The summed E-state index contributed by atoms with van der Waals surface area (Å²) in [5.74, 6) is 1.27. The number of nitrogens with zero attached hydrogens (tertiary/aromatic N) is 2. The fraction of sp³-hybridized carbons (Fsp3) is 0.417. The number of hydrogen-bond acceptors (Lipinski definition) is 1.